The smallest absolute Gasteiger partial charge is 0.134 e. The van der Waals surface area contributed by atoms with Crippen LogP contribution in [0.5, 0.6) is 0 Å². The SMILES string of the molecule is CC(C)CNS(=N)(=O)c1ccccc1. The highest BCUT2D eigenvalue weighted by molar-refractivity contribution is 7.90. The van der Waals surface area contributed by atoms with Gasteiger partial charge in [-0.2, -0.15) is 0 Å². The van der Waals surface area contributed by atoms with E-state index in [-0.39, 0.29) is 0 Å². The van der Waals surface area contributed by atoms with Gasteiger partial charge in [0.25, 0.3) is 0 Å². The van der Waals surface area contributed by atoms with Crippen LogP contribution in [0.3, 0.4) is 0 Å². The van der Waals surface area contributed by atoms with E-state index >= 15 is 0 Å². The molecule has 4 heteroatoms. The maximum absolute atomic E-state index is 11.8. The highest BCUT2D eigenvalue weighted by atomic mass is 32.2. The Hall–Kier alpha value is -0.870. The minimum absolute atomic E-state index is 0.393. The van der Waals surface area contributed by atoms with Gasteiger partial charge in [-0.05, 0) is 18.1 Å². The number of nitrogens with one attached hydrogen (secondary N) is 2. The molecule has 0 bridgehead atoms. The van der Waals surface area contributed by atoms with Crippen LogP contribution in [0.15, 0.2) is 35.2 Å². The van der Waals surface area contributed by atoms with E-state index in [1.54, 1.807) is 24.3 Å². The Balaban J connectivity index is 2.77. The Kier molecular flexibility index (Phi) is 3.66. The second kappa shape index (κ2) is 4.57. The molecule has 0 heterocycles. The number of hydrogen-bond acceptors (Lipinski definition) is 2. The predicted molar refractivity (Wildman–Crippen MR) is 58.4 cm³/mol. The lowest BCUT2D eigenvalue weighted by Crippen LogP contribution is -2.26. The molecule has 0 radical (unpaired) electrons. The summed E-state index contributed by atoms with van der Waals surface area (Å²) in [6.07, 6.45) is 0. The fraction of sp³-hybridized carbons (Fsp3) is 0.400. The van der Waals surface area contributed by atoms with Gasteiger partial charge in [-0.3, -0.25) is 0 Å². The van der Waals surface area contributed by atoms with E-state index in [1.807, 2.05) is 19.9 Å². The lowest BCUT2D eigenvalue weighted by molar-refractivity contribution is 0.610. The second-order valence-electron chi connectivity index (χ2n) is 3.61. The average Bonchev–Trinajstić information content (AvgIpc) is 2.16. The van der Waals surface area contributed by atoms with Crippen molar-refractivity contribution in [1.82, 2.24) is 4.72 Å². The largest absolute Gasteiger partial charge is 0.236 e. The summed E-state index contributed by atoms with van der Waals surface area (Å²) in [6, 6.07) is 8.86. The van der Waals surface area contributed by atoms with Crippen LogP contribution in [0.2, 0.25) is 0 Å². The van der Waals surface area contributed by atoms with Crippen molar-refractivity contribution < 1.29 is 4.21 Å². The number of rotatable bonds is 4. The first kappa shape index (κ1) is 11.2. The molecular formula is C10H16N2OS. The summed E-state index contributed by atoms with van der Waals surface area (Å²) < 4.78 is 22.3. The zero-order chi connectivity index (χ0) is 10.6. The third-order valence-electron chi connectivity index (χ3n) is 1.77. The zero-order valence-corrected chi connectivity index (χ0v) is 9.30. The van der Waals surface area contributed by atoms with Crippen LogP contribution in [0.25, 0.3) is 0 Å². The lowest BCUT2D eigenvalue weighted by atomic mass is 10.2. The molecular weight excluding hydrogens is 196 g/mol. The molecule has 1 rings (SSSR count). The van der Waals surface area contributed by atoms with Crippen LogP contribution in [-0.4, -0.2) is 10.8 Å². The van der Waals surface area contributed by atoms with Gasteiger partial charge in [0.1, 0.15) is 9.92 Å². The molecule has 0 aromatic heterocycles. The van der Waals surface area contributed by atoms with Crippen LogP contribution in [0, 0.1) is 10.7 Å². The summed E-state index contributed by atoms with van der Waals surface area (Å²) in [5.74, 6) is 0.393. The first-order chi connectivity index (χ1) is 6.52. The molecule has 1 unspecified atom stereocenters. The normalized spacial score (nSPS) is 15.4. The summed E-state index contributed by atoms with van der Waals surface area (Å²) in [7, 11) is -2.81. The monoisotopic (exact) mass is 212 g/mol. The molecule has 2 N–H and O–H groups in total. The maximum atomic E-state index is 11.8. The van der Waals surface area contributed by atoms with E-state index in [1.165, 1.54) is 0 Å². The van der Waals surface area contributed by atoms with Crippen molar-refractivity contribution >= 4 is 9.92 Å². The van der Waals surface area contributed by atoms with Crippen LogP contribution in [-0.2, 0) is 9.92 Å². The molecule has 0 aliphatic carbocycles. The van der Waals surface area contributed by atoms with E-state index < -0.39 is 9.92 Å². The van der Waals surface area contributed by atoms with Crippen molar-refractivity contribution in [3.05, 3.63) is 30.3 Å². The molecule has 0 spiro atoms. The van der Waals surface area contributed by atoms with Crippen molar-refractivity contribution in [2.75, 3.05) is 6.54 Å². The molecule has 1 aromatic carbocycles. The van der Waals surface area contributed by atoms with Crippen molar-refractivity contribution in [2.45, 2.75) is 18.7 Å². The molecule has 0 saturated carbocycles. The second-order valence-corrected chi connectivity index (χ2v) is 5.48. The van der Waals surface area contributed by atoms with Crippen molar-refractivity contribution in [3.63, 3.8) is 0 Å². The van der Waals surface area contributed by atoms with Gasteiger partial charge in [0.05, 0.1) is 4.90 Å². The predicted octanol–water partition coefficient (Wildman–Crippen LogP) is 2.25. The van der Waals surface area contributed by atoms with Gasteiger partial charge in [-0.1, -0.05) is 32.0 Å². The van der Waals surface area contributed by atoms with E-state index in [0.717, 1.165) is 0 Å². The van der Waals surface area contributed by atoms with Crippen molar-refractivity contribution in [3.8, 4) is 0 Å². The maximum Gasteiger partial charge on any atom is 0.134 e. The third-order valence-corrected chi connectivity index (χ3v) is 3.28. The van der Waals surface area contributed by atoms with Crippen LogP contribution in [0.4, 0.5) is 0 Å². The molecule has 78 valence electrons. The topological polar surface area (TPSA) is 53.0 Å². The summed E-state index contributed by atoms with van der Waals surface area (Å²) in [5.41, 5.74) is 0. The van der Waals surface area contributed by atoms with Gasteiger partial charge in [0.15, 0.2) is 0 Å². The zero-order valence-electron chi connectivity index (χ0n) is 8.49. The highest BCUT2D eigenvalue weighted by Gasteiger charge is 2.08. The summed E-state index contributed by atoms with van der Waals surface area (Å²) in [6.45, 7) is 4.64. The molecule has 0 aliphatic heterocycles. The Bertz CT molecular complexity index is 370. The van der Waals surface area contributed by atoms with Crippen molar-refractivity contribution in [1.29, 1.82) is 4.78 Å². The Morgan fingerprint density at radius 2 is 1.93 bits per heavy atom. The summed E-state index contributed by atoms with van der Waals surface area (Å²) in [5, 5.41) is 0. The Labute approximate surface area is 85.6 Å². The third kappa shape index (κ3) is 3.12. The number of benzene rings is 1. The van der Waals surface area contributed by atoms with Crippen LogP contribution < -0.4 is 4.72 Å². The van der Waals surface area contributed by atoms with Gasteiger partial charge in [-0.15, -0.1) is 0 Å². The molecule has 1 aromatic rings. The van der Waals surface area contributed by atoms with E-state index in [4.69, 9.17) is 4.78 Å². The summed E-state index contributed by atoms with van der Waals surface area (Å²) in [4.78, 5) is 0.542. The first-order valence-electron chi connectivity index (χ1n) is 4.61. The summed E-state index contributed by atoms with van der Waals surface area (Å²) >= 11 is 0. The molecule has 0 amide bonds. The fourth-order valence-electron chi connectivity index (χ4n) is 0.979. The average molecular weight is 212 g/mol. The molecule has 14 heavy (non-hydrogen) atoms. The number of hydrogen-bond donors (Lipinski definition) is 2. The molecule has 0 saturated heterocycles. The molecule has 0 fully saturated rings. The minimum Gasteiger partial charge on any atom is -0.236 e. The molecule has 3 nitrogen and oxygen atoms in total. The lowest BCUT2D eigenvalue weighted by Gasteiger charge is -2.11. The highest BCUT2D eigenvalue weighted by Crippen LogP contribution is 2.08. The van der Waals surface area contributed by atoms with Gasteiger partial charge in [0, 0.05) is 6.54 Å². The first-order valence-corrected chi connectivity index (χ1v) is 6.16. The van der Waals surface area contributed by atoms with Crippen LogP contribution >= 0.6 is 0 Å². The molecule has 0 aliphatic rings. The quantitative estimate of drug-likeness (QED) is 0.790. The standard InChI is InChI=1S/C10H16N2OS/c1-9(2)8-12-14(11,13)10-6-4-3-5-7-10/h3-7,9H,8H2,1-2H3,(H2,11,12,13). The van der Waals surface area contributed by atoms with Crippen LogP contribution in [0.1, 0.15) is 13.8 Å². The van der Waals surface area contributed by atoms with Gasteiger partial charge < -0.3 is 0 Å². The van der Waals surface area contributed by atoms with E-state index in [9.17, 15) is 4.21 Å². The minimum atomic E-state index is -2.81. The van der Waals surface area contributed by atoms with Gasteiger partial charge in [0.2, 0.25) is 0 Å². The van der Waals surface area contributed by atoms with Gasteiger partial charge in [-0.25, -0.2) is 13.7 Å². The fourth-order valence-corrected chi connectivity index (χ4v) is 2.25. The van der Waals surface area contributed by atoms with E-state index in [0.29, 0.717) is 17.4 Å². The Morgan fingerprint density at radius 1 is 1.36 bits per heavy atom. The molecule has 1 atom stereocenters. The van der Waals surface area contributed by atoms with Gasteiger partial charge >= 0.3 is 0 Å². The van der Waals surface area contributed by atoms with E-state index in [2.05, 4.69) is 4.72 Å². The Morgan fingerprint density at radius 3 is 2.43 bits per heavy atom. The van der Waals surface area contributed by atoms with Crippen molar-refractivity contribution in [2.24, 2.45) is 5.92 Å².